The third kappa shape index (κ3) is 1.40. The Hall–Kier alpha value is -1.77. The summed E-state index contributed by atoms with van der Waals surface area (Å²) >= 11 is 0. The van der Waals surface area contributed by atoms with Crippen LogP contribution in [-0.4, -0.2) is 4.98 Å². The van der Waals surface area contributed by atoms with Gasteiger partial charge in [0.2, 0.25) is 0 Å². The van der Waals surface area contributed by atoms with Gasteiger partial charge in [-0.2, -0.15) is 0 Å². The van der Waals surface area contributed by atoms with E-state index in [0.717, 1.165) is 16.5 Å². The topological polar surface area (TPSA) is 42.3 Å². The molecule has 13 heavy (non-hydrogen) atoms. The maximum Gasteiger partial charge on any atom is 0.126 e. The molecule has 2 aromatic rings. The second kappa shape index (κ2) is 2.94. The molecule has 0 spiro atoms. The van der Waals surface area contributed by atoms with Crippen LogP contribution in [0.25, 0.3) is 10.9 Å². The smallest absolute Gasteiger partial charge is 0.126 e. The average Bonchev–Trinajstić information content (AvgIpc) is 2.17. The maximum atomic E-state index is 10.2. The molecule has 64 valence electrons. The van der Waals surface area contributed by atoms with Gasteiger partial charge in [-0.3, -0.25) is 4.98 Å². The van der Waals surface area contributed by atoms with E-state index in [-0.39, 0.29) is 0 Å². The molecule has 3 nitrogen and oxygen atoms in total. The molecule has 0 saturated heterocycles. The third-order valence-corrected chi connectivity index (χ3v) is 1.93. The predicted molar refractivity (Wildman–Crippen MR) is 51.9 cm³/mol. The second-order valence-electron chi connectivity index (χ2n) is 2.98. The van der Waals surface area contributed by atoms with Crippen LogP contribution in [0.15, 0.2) is 35.6 Å². The first kappa shape index (κ1) is 7.86. The Balaban J connectivity index is 2.73. The minimum atomic E-state index is 0.372. The summed E-state index contributed by atoms with van der Waals surface area (Å²) in [5, 5.41) is 3.78. The first-order valence-corrected chi connectivity index (χ1v) is 3.99. The molecule has 0 fully saturated rings. The molecule has 1 heterocycles. The van der Waals surface area contributed by atoms with Crippen molar-refractivity contribution in [3.8, 4) is 0 Å². The van der Waals surface area contributed by atoms with Crippen LogP contribution in [0.2, 0.25) is 0 Å². The summed E-state index contributed by atoms with van der Waals surface area (Å²) < 4.78 is 0. The zero-order chi connectivity index (χ0) is 9.26. The van der Waals surface area contributed by atoms with E-state index in [1.807, 2.05) is 25.1 Å². The summed E-state index contributed by atoms with van der Waals surface area (Å²) in [6, 6.07) is 7.63. The molecule has 1 aromatic carbocycles. The van der Waals surface area contributed by atoms with Crippen molar-refractivity contribution in [1.29, 1.82) is 0 Å². The van der Waals surface area contributed by atoms with E-state index >= 15 is 0 Å². The molecule has 0 aliphatic carbocycles. The highest BCUT2D eigenvalue weighted by Gasteiger charge is 1.97. The largest absolute Gasteiger partial charge is 0.254 e. The first-order valence-electron chi connectivity index (χ1n) is 3.99. The van der Waals surface area contributed by atoms with Crippen LogP contribution in [0.1, 0.15) is 5.56 Å². The van der Waals surface area contributed by atoms with E-state index in [1.165, 1.54) is 6.20 Å². The highest BCUT2D eigenvalue weighted by Crippen LogP contribution is 2.19. The zero-order valence-electron chi connectivity index (χ0n) is 7.19. The molecule has 2 rings (SSSR count). The van der Waals surface area contributed by atoms with Gasteiger partial charge in [-0.25, -0.2) is 0 Å². The number of hydrogen-bond donors (Lipinski definition) is 0. The fourth-order valence-corrected chi connectivity index (χ4v) is 1.27. The zero-order valence-corrected chi connectivity index (χ0v) is 7.19. The van der Waals surface area contributed by atoms with Crippen molar-refractivity contribution < 1.29 is 0 Å². The molecule has 0 radical (unpaired) electrons. The van der Waals surface area contributed by atoms with Crippen LogP contribution in [0, 0.1) is 11.8 Å². The molecule has 0 aliphatic heterocycles. The van der Waals surface area contributed by atoms with Crippen molar-refractivity contribution in [1.82, 2.24) is 4.98 Å². The Labute approximate surface area is 75.4 Å². The van der Waals surface area contributed by atoms with Gasteiger partial charge in [0, 0.05) is 5.39 Å². The molecule has 0 bridgehead atoms. The summed E-state index contributed by atoms with van der Waals surface area (Å²) in [6.45, 7) is 2.01. The number of nitroso groups, excluding NO2 is 1. The Morgan fingerprint density at radius 1 is 1.31 bits per heavy atom. The van der Waals surface area contributed by atoms with Crippen LogP contribution in [0.3, 0.4) is 0 Å². The molecule has 3 heteroatoms. The van der Waals surface area contributed by atoms with E-state index in [1.54, 1.807) is 6.07 Å². The average molecular weight is 172 g/mol. The summed E-state index contributed by atoms with van der Waals surface area (Å²) in [4.78, 5) is 14.3. The number of aryl methyl sites for hydroxylation is 1. The number of aromatic nitrogens is 1. The second-order valence-corrected chi connectivity index (χ2v) is 2.98. The number of benzene rings is 1. The number of nitrogens with zero attached hydrogens (tertiary/aromatic N) is 2. The Morgan fingerprint density at radius 2 is 2.15 bits per heavy atom. The summed E-state index contributed by atoms with van der Waals surface area (Å²) in [5.41, 5.74) is 2.43. The Kier molecular flexibility index (Phi) is 1.77. The molecular weight excluding hydrogens is 164 g/mol. The lowest BCUT2D eigenvalue weighted by molar-refractivity contribution is 1.35. The fraction of sp³-hybridized carbons (Fsp3) is 0.100. The van der Waals surface area contributed by atoms with E-state index < -0.39 is 0 Å². The molecular formula is C10H8N2O. The molecule has 0 aliphatic rings. The van der Waals surface area contributed by atoms with E-state index in [0.29, 0.717) is 5.69 Å². The van der Waals surface area contributed by atoms with Crippen LogP contribution < -0.4 is 0 Å². The van der Waals surface area contributed by atoms with Crippen molar-refractivity contribution in [2.45, 2.75) is 6.92 Å². The normalized spacial score (nSPS) is 10.2. The predicted octanol–water partition coefficient (Wildman–Crippen LogP) is 2.94. The minimum Gasteiger partial charge on any atom is -0.254 e. The van der Waals surface area contributed by atoms with Crippen molar-refractivity contribution in [3.05, 3.63) is 40.9 Å². The summed E-state index contributed by atoms with van der Waals surface area (Å²) in [6.07, 6.45) is 1.48. The van der Waals surface area contributed by atoms with Gasteiger partial charge in [0.15, 0.2) is 0 Å². The number of fused-ring (bicyclic) bond motifs is 1. The van der Waals surface area contributed by atoms with Crippen LogP contribution >= 0.6 is 0 Å². The maximum absolute atomic E-state index is 10.2. The number of hydrogen-bond acceptors (Lipinski definition) is 3. The summed E-state index contributed by atoms with van der Waals surface area (Å²) in [7, 11) is 0. The Morgan fingerprint density at radius 3 is 2.92 bits per heavy atom. The van der Waals surface area contributed by atoms with Gasteiger partial charge < -0.3 is 0 Å². The van der Waals surface area contributed by atoms with Crippen LogP contribution in [0.4, 0.5) is 5.69 Å². The molecule has 0 atom stereocenters. The lowest BCUT2D eigenvalue weighted by Crippen LogP contribution is -1.79. The highest BCUT2D eigenvalue weighted by atomic mass is 16.3. The van der Waals surface area contributed by atoms with Gasteiger partial charge >= 0.3 is 0 Å². The van der Waals surface area contributed by atoms with E-state index in [2.05, 4.69) is 10.2 Å². The quantitative estimate of drug-likeness (QED) is 0.620. The third-order valence-electron chi connectivity index (χ3n) is 1.93. The van der Waals surface area contributed by atoms with Crippen LogP contribution in [-0.2, 0) is 0 Å². The molecule has 0 amide bonds. The van der Waals surface area contributed by atoms with Gasteiger partial charge in [-0.1, -0.05) is 12.1 Å². The number of pyridine rings is 1. The lowest BCUT2D eigenvalue weighted by Gasteiger charge is -1.97. The van der Waals surface area contributed by atoms with E-state index in [9.17, 15) is 4.91 Å². The van der Waals surface area contributed by atoms with Crippen molar-refractivity contribution in [2.75, 3.05) is 0 Å². The van der Waals surface area contributed by atoms with Crippen molar-refractivity contribution in [2.24, 2.45) is 5.18 Å². The molecule has 0 saturated carbocycles. The fourth-order valence-electron chi connectivity index (χ4n) is 1.27. The van der Waals surface area contributed by atoms with Gasteiger partial charge in [-0.05, 0) is 29.8 Å². The van der Waals surface area contributed by atoms with Gasteiger partial charge in [0.05, 0.1) is 11.7 Å². The molecule has 1 aromatic heterocycles. The highest BCUT2D eigenvalue weighted by molar-refractivity contribution is 5.81. The molecule has 0 N–H and O–H groups in total. The number of rotatable bonds is 1. The lowest BCUT2D eigenvalue weighted by atomic mass is 10.1. The first-order chi connectivity index (χ1) is 6.29. The van der Waals surface area contributed by atoms with E-state index in [4.69, 9.17) is 0 Å². The SMILES string of the molecule is Cc1ccc2cc(N=O)cnc2c1. The van der Waals surface area contributed by atoms with Crippen LogP contribution in [0.5, 0.6) is 0 Å². The van der Waals surface area contributed by atoms with Gasteiger partial charge in [0.1, 0.15) is 5.69 Å². The van der Waals surface area contributed by atoms with Gasteiger partial charge in [0.25, 0.3) is 0 Å². The minimum absolute atomic E-state index is 0.372. The molecule has 0 unspecified atom stereocenters. The summed E-state index contributed by atoms with van der Waals surface area (Å²) in [5.74, 6) is 0. The van der Waals surface area contributed by atoms with Crippen molar-refractivity contribution in [3.63, 3.8) is 0 Å². The van der Waals surface area contributed by atoms with Gasteiger partial charge in [-0.15, -0.1) is 4.91 Å². The monoisotopic (exact) mass is 172 g/mol. The standard InChI is InChI=1S/C10H8N2O/c1-7-2-3-8-5-9(12-13)6-11-10(8)4-7/h2-6H,1H3. The Bertz CT molecular complexity index is 465. The van der Waals surface area contributed by atoms with Crippen molar-refractivity contribution >= 4 is 16.6 Å².